The molecule has 6 heteroatoms. The quantitative estimate of drug-likeness (QED) is 0.880. The first kappa shape index (κ1) is 18.0. The van der Waals surface area contributed by atoms with E-state index in [1.54, 1.807) is 0 Å². The van der Waals surface area contributed by atoms with Crippen LogP contribution in [0.4, 0.5) is 0 Å². The molecule has 4 rings (SSSR count). The molecule has 2 heterocycles. The van der Waals surface area contributed by atoms with Crippen LogP contribution in [0.5, 0.6) is 0 Å². The smallest absolute Gasteiger partial charge is 0.225 e. The Morgan fingerprint density at radius 3 is 2.52 bits per heavy atom. The molecule has 1 aliphatic heterocycles. The number of carbonyl (C=O) groups is 2. The van der Waals surface area contributed by atoms with Crippen molar-refractivity contribution in [3.8, 4) is 0 Å². The SMILES string of the molecule is Cn1c(CCNC(=O)C2CCN(C(=O)C3CCC3)CC2)nc2ccccc21. The number of hydrogen-bond donors (Lipinski definition) is 1. The van der Waals surface area contributed by atoms with Crippen molar-refractivity contribution in [2.75, 3.05) is 19.6 Å². The lowest BCUT2D eigenvalue weighted by Crippen LogP contribution is -2.46. The molecule has 1 saturated carbocycles. The minimum atomic E-state index is 0.0240. The van der Waals surface area contributed by atoms with Crippen molar-refractivity contribution >= 4 is 22.8 Å². The number of nitrogens with one attached hydrogen (secondary N) is 1. The third-order valence-electron chi connectivity index (χ3n) is 6.16. The Morgan fingerprint density at radius 2 is 1.85 bits per heavy atom. The van der Waals surface area contributed by atoms with Crippen molar-refractivity contribution in [2.45, 2.75) is 38.5 Å². The molecule has 2 amide bonds. The van der Waals surface area contributed by atoms with E-state index in [9.17, 15) is 9.59 Å². The average molecular weight is 368 g/mol. The van der Waals surface area contributed by atoms with Gasteiger partial charge in [0.05, 0.1) is 11.0 Å². The van der Waals surface area contributed by atoms with E-state index >= 15 is 0 Å². The minimum absolute atomic E-state index is 0.0240. The number of hydrogen-bond acceptors (Lipinski definition) is 3. The number of fused-ring (bicyclic) bond motifs is 1. The van der Waals surface area contributed by atoms with Gasteiger partial charge in [-0.2, -0.15) is 0 Å². The van der Waals surface area contributed by atoms with Crippen molar-refractivity contribution < 1.29 is 9.59 Å². The van der Waals surface area contributed by atoms with E-state index in [2.05, 4.69) is 20.9 Å². The topological polar surface area (TPSA) is 67.2 Å². The maximum Gasteiger partial charge on any atom is 0.225 e. The molecule has 1 aliphatic carbocycles. The fourth-order valence-electron chi connectivity index (χ4n) is 4.14. The Kier molecular flexibility index (Phi) is 5.14. The van der Waals surface area contributed by atoms with Gasteiger partial charge in [-0.3, -0.25) is 9.59 Å². The summed E-state index contributed by atoms with van der Waals surface area (Å²) in [4.78, 5) is 31.4. The molecular formula is C21H28N4O2. The average Bonchev–Trinajstić information content (AvgIpc) is 2.96. The van der Waals surface area contributed by atoms with Crippen LogP contribution in [-0.4, -0.2) is 45.9 Å². The largest absolute Gasteiger partial charge is 0.355 e. The molecule has 1 aromatic carbocycles. The molecular weight excluding hydrogens is 340 g/mol. The first-order valence-corrected chi connectivity index (χ1v) is 10.1. The highest BCUT2D eigenvalue weighted by Crippen LogP contribution is 2.30. The highest BCUT2D eigenvalue weighted by atomic mass is 16.2. The lowest BCUT2D eigenvalue weighted by Gasteiger charge is -2.36. The van der Waals surface area contributed by atoms with Crippen molar-refractivity contribution in [2.24, 2.45) is 18.9 Å². The maximum atomic E-state index is 12.5. The number of likely N-dealkylation sites (tertiary alicyclic amines) is 1. The van der Waals surface area contributed by atoms with Gasteiger partial charge in [-0.05, 0) is 37.8 Å². The molecule has 1 aromatic heterocycles. The number of imidazole rings is 1. The van der Waals surface area contributed by atoms with Gasteiger partial charge in [0.15, 0.2) is 0 Å². The molecule has 144 valence electrons. The van der Waals surface area contributed by atoms with Crippen LogP contribution in [-0.2, 0) is 23.1 Å². The number of benzene rings is 1. The predicted molar refractivity (Wildman–Crippen MR) is 104 cm³/mol. The molecule has 0 spiro atoms. The van der Waals surface area contributed by atoms with Crippen LogP contribution >= 0.6 is 0 Å². The summed E-state index contributed by atoms with van der Waals surface area (Å²) >= 11 is 0. The number of carbonyl (C=O) groups excluding carboxylic acids is 2. The summed E-state index contributed by atoms with van der Waals surface area (Å²) in [5.74, 6) is 1.68. The molecule has 2 fully saturated rings. The molecule has 6 nitrogen and oxygen atoms in total. The summed E-state index contributed by atoms with van der Waals surface area (Å²) < 4.78 is 2.09. The highest BCUT2D eigenvalue weighted by Gasteiger charge is 2.33. The lowest BCUT2D eigenvalue weighted by molar-refractivity contribution is -0.141. The number of amides is 2. The van der Waals surface area contributed by atoms with Crippen LogP contribution < -0.4 is 5.32 Å². The van der Waals surface area contributed by atoms with Gasteiger partial charge in [0, 0.05) is 44.9 Å². The van der Waals surface area contributed by atoms with E-state index in [1.807, 2.05) is 30.1 Å². The number of aromatic nitrogens is 2. The van der Waals surface area contributed by atoms with E-state index in [0.717, 1.165) is 62.1 Å². The number of aryl methyl sites for hydroxylation is 1. The van der Waals surface area contributed by atoms with Gasteiger partial charge in [0.25, 0.3) is 0 Å². The molecule has 0 bridgehead atoms. The molecule has 0 atom stereocenters. The van der Waals surface area contributed by atoms with Crippen LogP contribution in [0.1, 0.15) is 37.9 Å². The Bertz CT molecular complexity index is 832. The third-order valence-corrected chi connectivity index (χ3v) is 6.16. The predicted octanol–water partition coefficient (Wildman–Crippen LogP) is 2.27. The van der Waals surface area contributed by atoms with Gasteiger partial charge in [-0.1, -0.05) is 18.6 Å². The summed E-state index contributed by atoms with van der Waals surface area (Å²) in [7, 11) is 2.02. The normalized spacial score (nSPS) is 18.5. The van der Waals surface area contributed by atoms with Crippen LogP contribution in [0.15, 0.2) is 24.3 Å². The van der Waals surface area contributed by atoms with Gasteiger partial charge in [-0.25, -0.2) is 4.98 Å². The van der Waals surface area contributed by atoms with Crippen molar-refractivity contribution in [3.05, 3.63) is 30.1 Å². The second-order valence-electron chi connectivity index (χ2n) is 7.84. The first-order chi connectivity index (χ1) is 13.1. The van der Waals surface area contributed by atoms with Gasteiger partial charge in [0.2, 0.25) is 11.8 Å². The minimum Gasteiger partial charge on any atom is -0.355 e. The van der Waals surface area contributed by atoms with Gasteiger partial charge >= 0.3 is 0 Å². The molecule has 0 unspecified atom stereocenters. The summed E-state index contributed by atoms with van der Waals surface area (Å²) in [5.41, 5.74) is 2.10. The molecule has 2 aliphatic rings. The number of rotatable bonds is 5. The molecule has 27 heavy (non-hydrogen) atoms. The Hall–Kier alpha value is -2.37. The van der Waals surface area contributed by atoms with Gasteiger partial charge < -0.3 is 14.8 Å². The van der Waals surface area contributed by atoms with E-state index in [-0.39, 0.29) is 17.7 Å². The fraction of sp³-hybridized carbons (Fsp3) is 0.571. The van der Waals surface area contributed by atoms with E-state index in [4.69, 9.17) is 0 Å². The molecule has 1 N–H and O–H groups in total. The summed E-state index contributed by atoms with van der Waals surface area (Å²) in [6.45, 7) is 2.04. The van der Waals surface area contributed by atoms with Crippen molar-refractivity contribution in [1.82, 2.24) is 19.8 Å². The van der Waals surface area contributed by atoms with Gasteiger partial charge in [0.1, 0.15) is 5.82 Å². The maximum absolute atomic E-state index is 12.5. The number of nitrogens with zero attached hydrogens (tertiary/aromatic N) is 3. The molecule has 1 saturated heterocycles. The van der Waals surface area contributed by atoms with Crippen LogP contribution in [0.25, 0.3) is 11.0 Å². The standard InChI is InChI=1S/C21H28N4O2/c1-24-18-8-3-2-7-17(18)23-19(24)9-12-22-20(26)15-10-13-25(14-11-15)21(27)16-5-4-6-16/h2-3,7-8,15-16H,4-6,9-14H2,1H3,(H,22,26). The number of piperidine rings is 1. The fourth-order valence-corrected chi connectivity index (χ4v) is 4.14. The zero-order chi connectivity index (χ0) is 18.8. The van der Waals surface area contributed by atoms with E-state index in [0.29, 0.717) is 12.5 Å². The zero-order valence-electron chi connectivity index (χ0n) is 16.0. The second-order valence-corrected chi connectivity index (χ2v) is 7.84. The molecule has 2 aromatic rings. The van der Waals surface area contributed by atoms with Gasteiger partial charge in [-0.15, -0.1) is 0 Å². The number of para-hydroxylation sites is 2. The summed E-state index contributed by atoms with van der Waals surface area (Å²) in [6, 6.07) is 8.07. The van der Waals surface area contributed by atoms with E-state index < -0.39 is 0 Å². The second kappa shape index (κ2) is 7.71. The zero-order valence-corrected chi connectivity index (χ0v) is 16.0. The highest BCUT2D eigenvalue weighted by molar-refractivity contribution is 5.81. The molecule has 0 radical (unpaired) electrons. The third kappa shape index (κ3) is 3.70. The van der Waals surface area contributed by atoms with E-state index in [1.165, 1.54) is 6.42 Å². The summed E-state index contributed by atoms with van der Waals surface area (Å²) in [5, 5.41) is 3.07. The summed E-state index contributed by atoms with van der Waals surface area (Å²) in [6.07, 6.45) is 5.53. The van der Waals surface area contributed by atoms with Crippen molar-refractivity contribution in [3.63, 3.8) is 0 Å². The monoisotopic (exact) mass is 368 g/mol. The van der Waals surface area contributed by atoms with Crippen LogP contribution in [0.2, 0.25) is 0 Å². The van der Waals surface area contributed by atoms with Crippen LogP contribution in [0.3, 0.4) is 0 Å². The Morgan fingerprint density at radius 1 is 1.11 bits per heavy atom. The van der Waals surface area contributed by atoms with Crippen molar-refractivity contribution in [1.29, 1.82) is 0 Å². The first-order valence-electron chi connectivity index (χ1n) is 10.1. The lowest BCUT2D eigenvalue weighted by atomic mass is 9.83. The Balaban J connectivity index is 1.24. The van der Waals surface area contributed by atoms with Crippen LogP contribution in [0, 0.1) is 11.8 Å². The Labute approximate surface area is 159 Å².